The lowest BCUT2D eigenvalue weighted by atomic mass is 9.93. The van der Waals surface area contributed by atoms with Crippen LogP contribution in [0.1, 0.15) is 45.9 Å². The van der Waals surface area contributed by atoms with Crippen molar-refractivity contribution in [2.75, 3.05) is 18.4 Å². The van der Waals surface area contributed by atoms with E-state index in [9.17, 15) is 14.4 Å². The van der Waals surface area contributed by atoms with Crippen LogP contribution in [0.5, 0.6) is 0 Å². The van der Waals surface area contributed by atoms with Gasteiger partial charge in [0.05, 0.1) is 6.26 Å². The quantitative estimate of drug-likeness (QED) is 0.622. The van der Waals surface area contributed by atoms with Crippen LogP contribution in [0.4, 0.5) is 5.69 Å². The fourth-order valence-corrected chi connectivity index (χ4v) is 4.16. The van der Waals surface area contributed by atoms with E-state index in [-0.39, 0.29) is 23.5 Å². The highest BCUT2D eigenvalue weighted by molar-refractivity contribution is 6.01. The number of hydrogen-bond donors (Lipinski definition) is 1. The van der Waals surface area contributed by atoms with Gasteiger partial charge >= 0.3 is 0 Å². The van der Waals surface area contributed by atoms with Crippen LogP contribution in [0.2, 0.25) is 0 Å². The summed E-state index contributed by atoms with van der Waals surface area (Å²) < 4.78 is 5.30. The SMILES string of the molecule is CCN(CC)C(=O)c1cccc(NC(=O)C2Cc3ccccc3CN2C(=O)c2ccco2)c1. The number of nitrogens with zero attached hydrogens (tertiary/aromatic N) is 2. The van der Waals surface area contributed by atoms with Crippen molar-refractivity contribution in [3.05, 3.63) is 89.4 Å². The monoisotopic (exact) mass is 445 g/mol. The third kappa shape index (κ3) is 4.67. The van der Waals surface area contributed by atoms with Crippen molar-refractivity contribution < 1.29 is 18.8 Å². The van der Waals surface area contributed by atoms with Crippen LogP contribution in [0, 0.1) is 0 Å². The van der Waals surface area contributed by atoms with Crippen LogP contribution >= 0.6 is 0 Å². The largest absolute Gasteiger partial charge is 0.459 e. The fraction of sp³-hybridized carbons (Fsp3) is 0.269. The second-order valence-corrected chi connectivity index (χ2v) is 7.95. The van der Waals surface area contributed by atoms with Crippen molar-refractivity contribution >= 4 is 23.4 Å². The molecule has 7 nitrogen and oxygen atoms in total. The van der Waals surface area contributed by atoms with Crippen LogP contribution in [0.15, 0.2) is 71.3 Å². The first-order valence-electron chi connectivity index (χ1n) is 11.1. The van der Waals surface area contributed by atoms with Gasteiger partial charge in [-0.3, -0.25) is 14.4 Å². The molecule has 170 valence electrons. The highest BCUT2D eigenvalue weighted by Crippen LogP contribution is 2.26. The molecule has 1 aromatic heterocycles. The molecule has 1 atom stereocenters. The third-order valence-electron chi connectivity index (χ3n) is 5.97. The van der Waals surface area contributed by atoms with E-state index in [2.05, 4.69) is 5.32 Å². The molecule has 7 heteroatoms. The topological polar surface area (TPSA) is 82.9 Å². The smallest absolute Gasteiger partial charge is 0.290 e. The average molecular weight is 446 g/mol. The Hall–Kier alpha value is -3.87. The molecular formula is C26H27N3O4. The Morgan fingerprint density at radius 3 is 2.45 bits per heavy atom. The molecule has 33 heavy (non-hydrogen) atoms. The summed E-state index contributed by atoms with van der Waals surface area (Å²) in [6.45, 7) is 5.39. The van der Waals surface area contributed by atoms with Crippen molar-refractivity contribution in [2.24, 2.45) is 0 Å². The lowest BCUT2D eigenvalue weighted by Gasteiger charge is -2.35. The molecule has 1 aliphatic heterocycles. The fourth-order valence-electron chi connectivity index (χ4n) is 4.16. The predicted molar refractivity (Wildman–Crippen MR) is 125 cm³/mol. The van der Waals surface area contributed by atoms with E-state index in [1.54, 1.807) is 46.2 Å². The maximum Gasteiger partial charge on any atom is 0.290 e. The van der Waals surface area contributed by atoms with E-state index >= 15 is 0 Å². The second-order valence-electron chi connectivity index (χ2n) is 7.95. The van der Waals surface area contributed by atoms with Crippen LogP contribution in [0.3, 0.4) is 0 Å². The van der Waals surface area contributed by atoms with Crippen LogP contribution in [-0.4, -0.2) is 46.7 Å². The van der Waals surface area contributed by atoms with Crippen molar-refractivity contribution in [3.8, 4) is 0 Å². The van der Waals surface area contributed by atoms with Crippen LogP contribution < -0.4 is 5.32 Å². The van der Waals surface area contributed by atoms with Gasteiger partial charge in [-0.2, -0.15) is 0 Å². The number of amides is 3. The summed E-state index contributed by atoms with van der Waals surface area (Å²) in [5.74, 6) is -0.534. The van der Waals surface area contributed by atoms with Gasteiger partial charge in [0.2, 0.25) is 5.91 Å². The molecule has 3 amide bonds. The Bertz CT molecular complexity index is 1150. The first kappa shape index (κ1) is 22.3. The van der Waals surface area contributed by atoms with Gasteiger partial charge in [0.1, 0.15) is 6.04 Å². The standard InChI is InChI=1S/C26H27N3O4/c1-3-28(4-2)25(31)19-11-7-12-21(15-19)27-24(30)22-16-18-9-5-6-10-20(18)17-29(22)26(32)23-13-8-14-33-23/h5-15,22H,3-4,16-17H2,1-2H3,(H,27,30). The van der Waals surface area contributed by atoms with E-state index in [0.717, 1.165) is 11.1 Å². The number of benzene rings is 2. The van der Waals surface area contributed by atoms with Gasteiger partial charge in [-0.05, 0) is 55.3 Å². The number of carbonyl (C=O) groups excluding carboxylic acids is 3. The molecule has 0 radical (unpaired) electrons. The molecule has 0 fully saturated rings. The summed E-state index contributed by atoms with van der Waals surface area (Å²) >= 11 is 0. The summed E-state index contributed by atoms with van der Waals surface area (Å²) in [5.41, 5.74) is 3.07. The Kier molecular flexibility index (Phi) is 6.58. The lowest BCUT2D eigenvalue weighted by molar-refractivity contribution is -0.121. The summed E-state index contributed by atoms with van der Waals surface area (Å²) in [4.78, 5) is 42.5. The maximum absolute atomic E-state index is 13.4. The Morgan fingerprint density at radius 2 is 1.76 bits per heavy atom. The van der Waals surface area contributed by atoms with E-state index in [1.807, 2.05) is 38.1 Å². The number of anilines is 1. The van der Waals surface area contributed by atoms with E-state index in [1.165, 1.54) is 6.26 Å². The summed E-state index contributed by atoms with van der Waals surface area (Å²) in [7, 11) is 0. The number of carbonyl (C=O) groups is 3. The first-order valence-corrected chi connectivity index (χ1v) is 11.1. The van der Waals surface area contributed by atoms with E-state index in [0.29, 0.717) is 37.3 Å². The number of hydrogen-bond acceptors (Lipinski definition) is 4. The van der Waals surface area contributed by atoms with E-state index in [4.69, 9.17) is 4.42 Å². The number of nitrogens with one attached hydrogen (secondary N) is 1. The van der Waals surface area contributed by atoms with Crippen molar-refractivity contribution in [3.63, 3.8) is 0 Å². The van der Waals surface area contributed by atoms with Gasteiger partial charge in [-0.1, -0.05) is 30.3 Å². The van der Waals surface area contributed by atoms with Gasteiger partial charge in [0.25, 0.3) is 11.8 Å². The zero-order valence-corrected chi connectivity index (χ0v) is 18.8. The number of furan rings is 1. The van der Waals surface area contributed by atoms with Gasteiger partial charge in [0.15, 0.2) is 5.76 Å². The van der Waals surface area contributed by atoms with Gasteiger partial charge in [0, 0.05) is 37.3 Å². The molecule has 1 N–H and O–H groups in total. The second kappa shape index (κ2) is 9.73. The number of fused-ring (bicyclic) bond motifs is 1. The molecule has 2 aromatic carbocycles. The molecule has 0 aliphatic carbocycles. The van der Waals surface area contributed by atoms with Crippen LogP contribution in [0.25, 0.3) is 0 Å². The zero-order valence-electron chi connectivity index (χ0n) is 18.8. The number of rotatable bonds is 6. The zero-order chi connectivity index (χ0) is 23.4. The predicted octanol–water partition coefficient (Wildman–Crippen LogP) is 3.97. The molecule has 3 aromatic rings. The highest BCUT2D eigenvalue weighted by Gasteiger charge is 2.36. The molecule has 1 aliphatic rings. The Balaban J connectivity index is 1.58. The molecule has 0 saturated carbocycles. The Morgan fingerprint density at radius 1 is 1.00 bits per heavy atom. The van der Waals surface area contributed by atoms with E-state index < -0.39 is 6.04 Å². The molecule has 1 unspecified atom stereocenters. The molecule has 0 spiro atoms. The summed E-state index contributed by atoms with van der Waals surface area (Å²) in [6, 6.07) is 17.2. The summed E-state index contributed by atoms with van der Waals surface area (Å²) in [6.07, 6.45) is 1.84. The van der Waals surface area contributed by atoms with Crippen LogP contribution in [-0.2, 0) is 17.8 Å². The van der Waals surface area contributed by atoms with Crippen molar-refractivity contribution in [1.29, 1.82) is 0 Å². The normalized spacial score (nSPS) is 15.0. The molecule has 4 rings (SSSR count). The van der Waals surface area contributed by atoms with Crippen molar-refractivity contribution in [1.82, 2.24) is 9.80 Å². The van der Waals surface area contributed by atoms with Gasteiger partial charge in [-0.15, -0.1) is 0 Å². The highest BCUT2D eigenvalue weighted by atomic mass is 16.3. The average Bonchev–Trinajstić information content (AvgIpc) is 3.38. The minimum absolute atomic E-state index is 0.0858. The minimum atomic E-state index is -0.709. The molecule has 2 heterocycles. The molecule has 0 bridgehead atoms. The van der Waals surface area contributed by atoms with Gasteiger partial charge in [-0.25, -0.2) is 0 Å². The minimum Gasteiger partial charge on any atom is -0.459 e. The summed E-state index contributed by atoms with van der Waals surface area (Å²) in [5, 5.41) is 2.91. The maximum atomic E-state index is 13.4. The molecule has 0 saturated heterocycles. The first-order chi connectivity index (χ1) is 16.0. The molecular weight excluding hydrogens is 418 g/mol. The lowest BCUT2D eigenvalue weighted by Crippen LogP contribution is -2.50. The Labute approximate surface area is 193 Å². The van der Waals surface area contributed by atoms with Gasteiger partial charge < -0.3 is 19.5 Å². The van der Waals surface area contributed by atoms with Crippen molar-refractivity contribution in [2.45, 2.75) is 32.9 Å². The third-order valence-corrected chi connectivity index (χ3v) is 5.97.